The fourth-order valence-corrected chi connectivity index (χ4v) is 3.13. The molecule has 0 bridgehead atoms. The van der Waals surface area contributed by atoms with Gasteiger partial charge in [0.25, 0.3) is 0 Å². The van der Waals surface area contributed by atoms with Crippen LogP contribution in [0.5, 0.6) is 0 Å². The Labute approximate surface area is 162 Å². The molecule has 2 aromatic rings. The third-order valence-electron chi connectivity index (χ3n) is 4.61. The first-order valence-corrected chi connectivity index (χ1v) is 8.69. The highest BCUT2D eigenvalue weighted by Gasteiger charge is 2.42. The van der Waals surface area contributed by atoms with Crippen LogP contribution in [0.4, 0.5) is 23.5 Å². The maximum atomic E-state index is 14.4. The van der Waals surface area contributed by atoms with Gasteiger partial charge in [0.1, 0.15) is 23.3 Å². The molecule has 1 aliphatic rings. The van der Waals surface area contributed by atoms with Gasteiger partial charge in [0, 0.05) is 13.5 Å². The highest BCUT2D eigenvalue weighted by atomic mass is 19.4. The number of alkyl halides is 3. The molecule has 1 N–H and O–H groups in total. The van der Waals surface area contributed by atoms with Crippen molar-refractivity contribution in [3.05, 3.63) is 23.3 Å². The number of halogens is 4. The van der Waals surface area contributed by atoms with Gasteiger partial charge < -0.3 is 14.8 Å². The quantitative estimate of drug-likeness (QED) is 0.605. The van der Waals surface area contributed by atoms with Crippen LogP contribution in [0.15, 0.2) is 6.20 Å². The van der Waals surface area contributed by atoms with Crippen LogP contribution in [0.1, 0.15) is 37.4 Å². The van der Waals surface area contributed by atoms with Crippen molar-refractivity contribution >= 4 is 17.4 Å². The number of ether oxygens (including phenoxy) is 2. The van der Waals surface area contributed by atoms with Gasteiger partial charge in [-0.05, 0) is 13.3 Å². The number of carbonyl (C=O) groups is 1. The summed E-state index contributed by atoms with van der Waals surface area (Å²) in [6, 6.07) is 1.02. The largest absolute Gasteiger partial charge is 0.458 e. The van der Waals surface area contributed by atoms with E-state index in [-0.39, 0.29) is 18.1 Å². The molecule has 1 aliphatic heterocycles. The summed E-state index contributed by atoms with van der Waals surface area (Å²) >= 11 is 0. The second-order valence-corrected chi connectivity index (χ2v) is 6.59. The molecule has 3 atom stereocenters. The Morgan fingerprint density at radius 1 is 1.52 bits per heavy atom. The minimum absolute atomic E-state index is 0.100. The monoisotopic (exact) mass is 415 g/mol. The molecule has 1 fully saturated rings. The highest BCUT2D eigenvalue weighted by molar-refractivity contribution is 5.66. The van der Waals surface area contributed by atoms with E-state index in [1.54, 1.807) is 0 Å². The van der Waals surface area contributed by atoms with Crippen LogP contribution in [-0.4, -0.2) is 52.1 Å². The Balaban J connectivity index is 2.01. The molecule has 3 rings (SSSR count). The number of carbonyl (C=O) groups excluding carboxylic acids is 1. The van der Waals surface area contributed by atoms with Crippen molar-refractivity contribution in [2.24, 2.45) is 0 Å². The third-order valence-corrected chi connectivity index (χ3v) is 4.61. The smallest absolute Gasteiger partial charge is 0.397 e. The van der Waals surface area contributed by atoms with E-state index >= 15 is 0 Å². The van der Waals surface area contributed by atoms with Gasteiger partial charge >= 0.3 is 12.1 Å². The molecule has 0 amide bonds. The lowest BCUT2D eigenvalue weighted by molar-refractivity contribution is -0.153. The van der Waals surface area contributed by atoms with Crippen molar-refractivity contribution in [2.75, 3.05) is 18.5 Å². The standard InChI is InChI=1S/C17H17F4N5O3/c1-8(17(19,20)21)15-10(5-22)14(18)12-6-23-16(25-26(12)15)24-11-3-4-28-7-13(11)29-9(2)27/h6,8,11,13H,3-4,7H2,1-2H3,(H,24,25). The second-order valence-electron chi connectivity index (χ2n) is 6.59. The molecule has 0 spiro atoms. The number of rotatable bonds is 4. The van der Waals surface area contributed by atoms with Crippen molar-refractivity contribution in [3.63, 3.8) is 0 Å². The molecular formula is C17H17F4N5O3. The molecule has 12 heteroatoms. The lowest BCUT2D eigenvalue weighted by atomic mass is 10.0. The average Bonchev–Trinajstić information content (AvgIpc) is 2.92. The van der Waals surface area contributed by atoms with E-state index in [1.807, 2.05) is 0 Å². The van der Waals surface area contributed by atoms with Gasteiger partial charge in [-0.25, -0.2) is 13.9 Å². The maximum absolute atomic E-state index is 14.4. The lowest BCUT2D eigenvalue weighted by Crippen LogP contribution is -2.44. The SMILES string of the molecule is CC(=O)OC1COCCC1Nc1ncc2c(F)c(C#N)c(C(C)C(F)(F)F)n2n1. The van der Waals surface area contributed by atoms with Crippen molar-refractivity contribution in [1.82, 2.24) is 14.6 Å². The van der Waals surface area contributed by atoms with Crippen molar-refractivity contribution in [2.45, 2.75) is 44.5 Å². The van der Waals surface area contributed by atoms with E-state index < -0.39 is 47.3 Å². The lowest BCUT2D eigenvalue weighted by Gasteiger charge is -2.31. The molecule has 3 heterocycles. The van der Waals surface area contributed by atoms with E-state index in [1.165, 1.54) is 13.0 Å². The van der Waals surface area contributed by atoms with Gasteiger partial charge in [0.05, 0.1) is 30.5 Å². The van der Waals surface area contributed by atoms with Crippen LogP contribution in [0.25, 0.3) is 5.52 Å². The number of nitriles is 1. The zero-order valence-corrected chi connectivity index (χ0v) is 15.5. The van der Waals surface area contributed by atoms with Crippen LogP contribution < -0.4 is 5.32 Å². The predicted octanol–water partition coefficient (Wildman–Crippen LogP) is 2.54. The van der Waals surface area contributed by atoms with Crippen molar-refractivity contribution in [1.29, 1.82) is 5.26 Å². The van der Waals surface area contributed by atoms with Crippen molar-refractivity contribution in [3.8, 4) is 6.07 Å². The summed E-state index contributed by atoms with van der Waals surface area (Å²) in [7, 11) is 0. The zero-order valence-electron chi connectivity index (χ0n) is 15.5. The van der Waals surface area contributed by atoms with Crippen LogP contribution in [-0.2, 0) is 14.3 Å². The minimum Gasteiger partial charge on any atom is -0.458 e. The Bertz CT molecular complexity index is 969. The number of hydrogen-bond donors (Lipinski definition) is 1. The molecular weight excluding hydrogens is 398 g/mol. The Kier molecular flexibility index (Phi) is 5.61. The topological polar surface area (TPSA) is 102 Å². The number of anilines is 1. The maximum Gasteiger partial charge on any atom is 0.397 e. The first-order valence-electron chi connectivity index (χ1n) is 8.69. The Morgan fingerprint density at radius 2 is 2.24 bits per heavy atom. The molecule has 0 radical (unpaired) electrons. The van der Waals surface area contributed by atoms with Crippen LogP contribution in [0, 0.1) is 17.1 Å². The van der Waals surface area contributed by atoms with Gasteiger partial charge in [0.15, 0.2) is 5.82 Å². The molecule has 29 heavy (non-hydrogen) atoms. The predicted molar refractivity (Wildman–Crippen MR) is 90.5 cm³/mol. The highest BCUT2D eigenvalue weighted by Crippen LogP contribution is 2.38. The number of hydrogen-bond acceptors (Lipinski definition) is 7. The van der Waals surface area contributed by atoms with Gasteiger partial charge in [-0.3, -0.25) is 4.79 Å². The van der Waals surface area contributed by atoms with E-state index in [4.69, 9.17) is 14.7 Å². The molecule has 0 aliphatic carbocycles. The van der Waals surface area contributed by atoms with E-state index in [2.05, 4.69) is 15.4 Å². The van der Waals surface area contributed by atoms with Gasteiger partial charge in [-0.15, -0.1) is 5.10 Å². The number of nitrogens with one attached hydrogen (secondary N) is 1. The number of aromatic nitrogens is 3. The van der Waals surface area contributed by atoms with E-state index in [0.29, 0.717) is 13.0 Å². The molecule has 8 nitrogen and oxygen atoms in total. The first kappa shape index (κ1) is 20.8. The zero-order chi connectivity index (χ0) is 21.3. The molecule has 2 aromatic heterocycles. The van der Waals surface area contributed by atoms with E-state index in [9.17, 15) is 22.4 Å². The van der Waals surface area contributed by atoms with E-state index in [0.717, 1.165) is 17.6 Å². The number of fused-ring (bicyclic) bond motifs is 1. The number of esters is 1. The van der Waals surface area contributed by atoms with Gasteiger partial charge in [-0.2, -0.15) is 18.4 Å². The summed E-state index contributed by atoms with van der Waals surface area (Å²) in [6.07, 6.45) is -3.93. The molecule has 0 saturated carbocycles. The Hall–Kier alpha value is -2.94. The summed E-state index contributed by atoms with van der Waals surface area (Å²) in [5.41, 5.74) is -1.69. The first-order chi connectivity index (χ1) is 13.6. The van der Waals surface area contributed by atoms with Gasteiger partial charge in [0.2, 0.25) is 5.95 Å². The normalized spacial score (nSPS) is 20.9. The molecule has 0 aromatic carbocycles. The molecule has 156 valence electrons. The average molecular weight is 415 g/mol. The minimum atomic E-state index is -4.70. The second kappa shape index (κ2) is 7.82. The molecule has 1 saturated heterocycles. The third kappa shape index (κ3) is 4.09. The number of nitrogens with zero attached hydrogens (tertiary/aromatic N) is 4. The van der Waals surface area contributed by atoms with Gasteiger partial charge in [-0.1, -0.05) is 0 Å². The Morgan fingerprint density at radius 3 is 2.86 bits per heavy atom. The summed E-state index contributed by atoms with van der Waals surface area (Å²) in [5, 5.41) is 16.0. The van der Waals surface area contributed by atoms with Crippen LogP contribution in [0.2, 0.25) is 0 Å². The summed E-state index contributed by atoms with van der Waals surface area (Å²) in [6.45, 7) is 2.56. The molecule has 3 unspecified atom stereocenters. The summed E-state index contributed by atoms with van der Waals surface area (Å²) in [4.78, 5) is 15.2. The van der Waals surface area contributed by atoms with Crippen molar-refractivity contribution < 1.29 is 31.8 Å². The van der Waals surface area contributed by atoms with Crippen LogP contribution in [0.3, 0.4) is 0 Å². The summed E-state index contributed by atoms with van der Waals surface area (Å²) < 4.78 is 65.4. The van der Waals surface area contributed by atoms with Crippen LogP contribution >= 0.6 is 0 Å². The summed E-state index contributed by atoms with van der Waals surface area (Å²) in [5.74, 6) is -3.87. The fraction of sp³-hybridized carbons (Fsp3) is 0.529. The fourth-order valence-electron chi connectivity index (χ4n) is 3.13.